The van der Waals surface area contributed by atoms with Gasteiger partial charge in [0.05, 0.1) is 78.6 Å². The number of benzene rings is 2. The summed E-state index contributed by atoms with van der Waals surface area (Å²) in [4.78, 5) is 30.7. The Morgan fingerprint density at radius 2 is 1.77 bits per heavy atom. The third kappa shape index (κ3) is 7.93. The van der Waals surface area contributed by atoms with Crippen molar-refractivity contribution in [3.05, 3.63) is 98.6 Å². The van der Waals surface area contributed by atoms with Crippen LogP contribution in [-0.4, -0.2) is 63.6 Å². The van der Waals surface area contributed by atoms with Gasteiger partial charge in [-0.15, -0.1) is 0 Å². The first kappa shape index (κ1) is 32.4. The molecule has 0 saturated carbocycles. The number of dihydropyridines is 1. The fourth-order valence-electron chi connectivity index (χ4n) is 4.96. The molecule has 4 rings (SSSR count). The second kappa shape index (κ2) is 15.8. The van der Waals surface area contributed by atoms with Gasteiger partial charge < -0.3 is 29.6 Å². The fraction of sp³-hybridized carbons (Fsp3) is 0.344. The monoisotopic (exact) mass is 627 g/mol. The van der Waals surface area contributed by atoms with E-state index in [1.165, 1.54) is 7.11 Å². The molecule has 9 nitrogen and oxygen atoms in total. The fourth-order valence-corrected chi connectivity index (χ4v) is 5.38. The standard InChI is InChI=1S/C32H35Cl2N3O6/c1-4-43-32(39)29-26(37-20(2)27(31(38)40-3)28(29)23-10-7-11-24(33)30(23)34)19-42-17-16-41-15-14-35-18-25-22-9-6-5-8-21(22)12-13-36-25/h5-13,28,35,37H,4,14-19H2,1-3H3. The van der Waals surface area contributed by atoms with Crippen molar-refractivity contribution >= 4 is 45.9 Å². The number of aromatic nitrogens is 1. The first-order valence-corrected chi connectivity index (χ1v) is 14.7. The number of esters is 2. The molecule has 2 aromatic carbocycles. The number of methoxy groups -OCH3 is 1. The van der Waals surface area contributed by atoms with E-state index in [4.69, 9.17) is 42.1 Å². The Hall–Kier alpha value is -3.47. The Morgan fingerprint density at radius 3 is 2.56 bits per heavy atom. The molecule has 0 aliphatic carbocycles. The van der Waals surface area contributed by atoms with Gasteiger partial charge in [-0.25, -0.2) is 9.59 Å². The minimum Gasteiger partial charge on any atom is -0.466 e. The second-order valence-electron chi connectivity index (χ2n) is 9.66. The number of halogens is 2. The zero-order valence-electron chi connectivity index (χ0n) is 24.4. The van der Waals surface area contributed by atoms with Crippen LogP contribution in [0.25, 0.3) is 10.8 Å². The minimum absolute atomic E-state index is 0.0446. The van der Waals surface area contributed by atoms with Crippen molar-refractivity contribution in [3.8, 4) is 0 Å². The number of pyridine rings is 1. The van der Waals surface area contributed by atoms with E-state index in [0.29, 0.717) is 48.3 Å². The third-order valence-corrected chi connectivity index (χ3v) is 7.76. The number of nitrogens with one attached hydrogen (secondary N) is 2. The number of ether oxygens (including phenoxy) is 4. The van der Waals surface area contributed by atoms with Crippen LogP contribution in [0.3, 0.4) is 0 Å². The molecule has 11 heteroatoms. The highest BCUT2D eigenvalue weighted by Crippen LogP contribution is 2.43. The molecule has 0 saturated heterocycles. The van der Waals surface area contributed by atoms with Crippen LogP contribution in [0.1, 0.15) is 31.0 Å². The quantitative estimate of drug-likeness (QED) is 0.181. The summed E-state index contributed by atoms with van der Waals surface area (Å²) < 4.78 is 22.1. The van der Waals surface area contributed by atoms with E-state index in [-0.39, 0.29) is 36.0 Å². The summed E-state index contributed by atoms with van der Waals surface area (Å²) in [6.45, 7) is 6.02. The molecule has 2 N–H and O–H groups in total. The smallest absolute Gasteiger partial charge is 0.336 e. The van der Waals surface area contributed by atoms with E-state index < -0.39 is 17.9 Å². The van der Waals surface area contributed by atoms with Crippen LogP contribution in [0.15, 0.2) is 77.3 Å². The molecule has 0 bridgehead atoms. The number of nitrogens with zero attached hydrogens (tertiary/aromatic N) is 1. The molecule has 2 heterocycles. The Kier molecular flexibility index (Phi) is 12.0. The lowest BCUT2D eigenvalue weighted by atomic mass is 9.80. The van der Waals surface area contributed by atoms with Gasteiger partial charge in [-0.1, -0.05) is 59.6 Å². The predicted octanol–water partition coefficient (Wildman–Crippen LogP) is 5.32. The van der Waals surface area contributed by atoms with Crippen molar-refractivity contribution in [1.29, 1.82) is 0 Å². The lowest BCUT2D eigenvalue weighted by Gasteiger charge is -2.31. The summed E-state index contributed by atoms with van der Waals surface area (Å²) >= 11 is 12.9. The van der Waals surface area contributed by atoms with Gasteiger partial charge in [0.15, 0.2) is 0 Å². The van der Waals surface area contributed by atoms with Gasteiger partial charge in [0, 0.05) is 30.4 Å². The summed E-state index contributed by atoms with van der Waals surface area (Å²) in [6.07, 6.45) is 1.82. The van der Waals surface area contributed by atoms with E-state index in [1.54, 1.807) is 32.0 Å². The van der Waals surface area contributed by atoms with Crippen LogP contribution in [0.4, 0.5) is 0 Å². The number of rotatable bonds is 14. The first-order valence-electron chi connectivity index (χ1n) is 14.0. The highest BCUT2D eigenvalue weighted by Gasteiger charge is 2.40. The molecular formula is C32H35Cl2N3O6. The van der Waals surface area contributed by atoms with Crippen molar-refractivity contribution in [2.45, 2.75) is 26.3 Å². The molecule has 1 aliphatic rings. The lowest BCUT2D eigenvalue weighted by molar-refractivity contribution is -0.139. The molecule has 43 heavy (non-hydrogen) atoms. The molecule has 1 aliphatic heterocycles. The third-order valence-electron chi connectivity index (χ3n) is 6.93. The van der Waals surface area contributed by atoms with Gasteiger partial charge in [0.25, 0.3) is 0 Å². The van der Waals surface area contributed by atoms with Gasteiger partial charge in [0.2, 0.25) is 0 Å². The van der Waals surface area contributed by atoms with E-state index in [0.717, 1.165) is 16.5 Å². The zero-order chi connectivity index (χ0) is 30.8. The summed E-state index contributed by atoms with van der Waals surface area (Å²) in [5, 5.41) is 9.32. The van der Waals surface area contributed by atoms with Crippen LogP contribution in [0.5, 0.6) is 0 Å². The topological polar surface area (TPSA) is 108 Å². The molecule has 3 aromatic rings. The minimum atomic E-state index is -0.879. The van der Waals surface area contributed by atoms with E-state index in [9.17, 15) is 9.59 Å². The molecule has 228 valence electrons. The molecule has 1 unspecified atom stereocenters. The van der Waals surface area contributed by atoms with Crippen LogP contribution in [0.2, 0.25) is 10.0 Å². The van der Waals surface area contributed by atoms with Gasteiger partial charge in [-0.05, 0) is 36.9 Å². The highest BCUT2D eigenvalue weighted by molar-refractivity contribution is 6.42. The SMILES string of the molecule is CCOC(=O)C1=C(COCCOCCNCc2nccc3ccccc23)NC(C)=C(C(=O)OC)C1c1cccc(Cl)c1Cl. The Morgan fingerprint density at radius 1 is 0.977 bits per heavy atom. The average Bonchev–Trinajstić information content (AvgIpc) is 3.01. The summed E-state index contributed by atoms with van der Waals surface area (Å²) in [6, 6.07) is 15.2. The summed E-state index contributed by atoms with van der Waals surface area (Å²) in [5.74, 6) is -2.09. The molecule has 0 amide bonds. The molecule has 1 atom stereocenters. The Labute approximate surface area is 261 Å². The maximum Gasteiger partial charge on any atom is 0.336 e. The van der Waals surface area contributed by atoms with Crippen LogP contribution in [0, 0.1) is 0 Å². The van der Waals surface area contributed by atoms with E-state index in [1.807, 2.05) is 24.4 Å². The maximum absolute atomic E-state index is 13.3. The van der Waals surface area contributed by atoms with E-state index in [2.05, 4.69) is 27.8 Å². The molecule has 0 spiro atoms. The number of hydrogen-bond donors (Lipinski definition) is 2. The lowest BCUT2D eigenvalue weighted by Crippen LogP contribution is -2.35. The number of fused-ring (bicyclic) bond motifs is 1. The van der Waals surface area contributed by atoms with Crippen LogP contribution in [-0.2, 0) is 35.1 Å². The second-order valence-corrected chi connectivity index (χ2v) is 10.4. The maximum atomic E-state index is 13.3. The molecular weight excluding hydrogens is 593 g/mol. The van der Waals surface area contributed by atoms with Crippen molar-refractivity contribution < 1.29 is 28.5 Å². The van der Waals surface area contributed by atoms with Crippen molar-refractivity contribution in [2.75, 3.05) is 46.7 Å². The van der Waals surface area contributed by atoms with Crippen molar-refractivity contribution in [2.24, 2.45) is 0 Å². The van der Waals surface area contributed by atoms with Crippen LogP contribution >= 0.6 is 23.2 Å². The van der Waals surface area contributed by atoms with Crippen LogP contribution < -0.4 is 10.6 Å². The van der Waals surface area contributed by atoms with Crippen molar-refractivity contribution in [3.63, 3.8) is 0 Å². The number of allylic oxidation sites excluding steroid dienone is 1. The summed E-state index contributed by atoms with van der Waals surface area (Å²) in [5.41, 5.74) is 2.85. The molecule has 0 fully saturated rings. The number of carbonyl (C=O) groups is 2. The Bertz CT molecular complexity index is 1520. The first-order chi connectivity index (χ1) is 20.9. The average molecular weight is 629 g/mol. The predicted molar refractivity (Wildman–Crippen MR) is 166 cm³/mol. The highest BCUT2D eigenvalue weighted by atomic mass is 35.5. The molecule has 1 aromatic heterocycles. The Balaban J connectivity index is 1.37. The van der Waals surface area contributed by atoms with Gasteiger partial charge in [-0.3, -0.25) is 4.98 Å². The van der Waals surface area contributed by atoms with Gasteiger partial charge >= 0.3 is 11.9 Å². The zero-order valence-corrected chi connectivity index (χ0v) is 25.9. The number of hydrogen-bond acceptors (Lipinski definition) is 9. The normalized spacial score (nSPS) is 15.0. The van der Waals surface area contributed by atoms with E-state index >= 15 is 0 Å². The largest absolute Gasteiger partial charge is 0.466 e. The summed E-state index contributed by atoms with van der Waals surface area (Å²) in [7, 11) is 1.28. The van der Waals surface area contributed by atoms with Gasteiger partial charge in [-0.2, -0.15) is 0 Å². The number of carbonyl (C=O) groups excluding carboxylic acids is 2. The van der Waals surface area contributed by atoms with Crippen molar-refractivity contribution in [1.82, 2.24) is 15.6 Å². The van der Waals surface area contributed by atoms with Gasteiger partial charge in [0.1, 0.15) is 0 Å². The molecule has 0 radical (unpaired) electrons.